The number of hydrogen-bond donors (Lipinski definition) is 0. The van der Waals surface area contributed by atoms with E-state index in [0.717, 1.165) is 5.39 Å². The SMILES string of the molecule is O=c1c2ccccc2nc(-c2cc3ccccc3o2)n1N=Cc1ccc(F)cc1. The first kappa shape index (κ1) is 17.1. The van der Waals surface area contributed by atoms with Crippen molar-refractivity contribution in [3.8, 4) is 11.6 Å². The second-order valence-corrected chi connectivity index (χ2v) is 6.51. The maximum absolute atomic E-state index is 13.2. The van der Waals surface area contributed by atoms with E-state index in [4.69, 9.17) is 4.42 Å². The number of rotatable bonds is 3. The summed E-state index contributed by atoms with van der Waals surface area (Å²) in [5, 5.41) is 5.69. The van der Waals surface area contributed by atoms with Gasteiger partial charge in [0.15, 0.2) is 5.76 Å². The Hall–Kier alpha value is -4.06. The van der Waals surface area contributed by atoms with Crippen molar-refractivity contribution in [2.24, 2.45) is 5.10 Å². The van der Waals surface area contributed by atoms with Crippen molar-refractivity contribution >= 4 is 28.1 Å². The highest BCUT2D eigenvalue weighted by atomic mass is 19.1. The topological polar surface area (TPSA) is 60.4 Å². The number of benzene rings is 3. The van der Waals surface area contributed by atoms with Gasteiger partial charge >= 0.3 is 0 Å². The van der Waals surface area contributed by atoms with Gasteiger partial charge in [0.05, 0.1) is 17.1 Å². The lowest BCUT2D eigenvalue weighted by Crippen LogP contribution is -2.20. The lowest BCUT2D eigenvalue weighted by molar-refractivity contribution is 0.616. The van der Waals surface area contributed by atoms with Crippen molar-refractivity contribution in [3.63, 3.8) is 0 Å². The van der Waals surface area contributed by atoms with Crippen LogP contribution in [0.25, 0.3) is 33.5 Å². The van der Waals surface area contributed by atoms with Gasteiger partial charge in [-0.2, -0.15) is 9.78 Å². The van der Waals surface area contributed by atoms with Crippen molar-refractivity contribution in [2.75, 3.05) is 0 Å². The Morgan fingerprint density at radius 3 is 2.55 bits per heavy atom. The summed E-state index contributed by atoms with van der Waals surface area (Å²) in [6.07, 6.45) is 1.49. The zero-order valence-electron chi connectivity index (χ0n) is 15.1. The van der Waals surface area contributed by atoms with Crippen LogP contribution in [0.15, 0.2) is 93.2 Å². The smallest absolute Gasteiger partial charge is 0.282 e. The molecule has 0 aliphatic heterocycles. The van der Waals surface area contributed by atoms with Gasteiger partial charge in [0.1, 0.15) is 11.4 Å². The van der Waals surface area contributed by atoms with E-state index in [1.165, 1.54) is 23.0 Å². The maximum atomic E-state index is 13.2. The molecule has 0 atom stereocenters. The first-order valence-corrected chi connectivity index (χ1v) is 9.00. The third-order valence-electron chi connectivity index (χ3n) is 4.59. The minimum absolute atomic E-state index is 0.295. The highest BCUT2D eigenvalue weighted by Crippen LogP contribution is 2.27. The van der Waals surface area contributed by atoms with E-state index in [0.29, 0.717) is 33.6 Å². The van der Waals surface area contributed by atoms with Gasteiger partial charge < -0.3 is 4.42 Å². The number of halogens is 1. The Balaban J connectivity index is 1.74. The summed E-state index contributed by atoms with van der Waals surface area (Å²) in [6.45, 7) is 0. The highest BCUT2D eigenvalue weighted by Gasteiger charge is 2.16. The number of hydrogen-bond acceptors (Lipinski definition) is 4. The molecule has 29 heavy (non-hydrogen) atoms. The van der Waals surface area contributed by atoms with Gasteiger partial charge in [-0.25, -0.2) is 9.37 Å². The molecule has 6 heteroatoms. The summed E-state index contributed by atoms with van der Waals surface area (Å²) in [7, 11) is 0. The number of furan rings is 1. The van der Waals surface area contributed by atoms with Crippen LogP contribution in [0.1, 0.15) is 5.56 Å². The molecule has 5 aromatic rings. The average molecular weight is 383 g/mol. The van der Waals surface area contributed by atoms with Gasteiger partial charge in [-0.15, -0.1) is 0 Å². The monoisotopic (exact) mass is 383 g/mol. The molecule has 5 nitrogen and oxygen atoms in total. The zero-order valence-corrected chi connectivity index (χ0v) is 15.1. The maximum Gasteiger partial charge on any atom is 0.282 e. The fourth-order valence-electron chi connectivity index (χ4n) is 3.16. The summed E-state index contributed by atoms with van der Waals surface area (Å²) in [4.78, 5) is 17.7. The molecule has 140 valence electrons. The van der Waals surface area contributed by atoms with E-state index in [1.54, 1.807) is 30.3 Å². The molecule has 2 heterocycles. The summed E-state index contributed by atoms with van der Waals surface area (Å²) in [5.41, 5.74) is 1.59. The molecule has 0 amide bonds. The minimum atomic E-state index is -0.338. The van der Waals surface area contributed by atoms with Crippen LogP contribution in [0.4, 0.5) is 4.39 Å². The molecule has 0 aliphatic rings. The van der Waals surface area contributed by atoms with Crippen molar-refractivity contribution < 1.29 is 8.81 Å². The number of nitrogens with zero attached hydrogens (tertiary/aromatic N) is 3. The molecule has 0 radical (unpaired) electrons. The van der Waals surface area contributed by atoms with Crippen molar-refractivity contribution in [2.45, 2.75) is 0 Å². The van der Waals surface area contributed by atoms with Crippen LogP contribution in [-0.2, 0) is 0 Å². The normalized spacial score (nSPS) is 11.6. The zero-order chi connectivity index (χ0) is 19.8. The summed E-state index contributed by atoms with van der Waals surface area (Å²) in [5.74, 6) is 0.392. The molecular weight excluding hydrogens is 369 g/mol. The molecule has 0 aliphatic carbocycles. The van der Waals surface area contributed by atoms with E-state index in [9.17, 15) is 9.18 Å². The van der Waals surface area contributed by atoms with Crippen LogP contribution in [0, 0.1) is 5.82 Å². The van der Waals surface area contributed by atoms with E-state index in [1.807, 2.05) is 36.4 Å². The number of para-hydroxylation sites is 2. The van der Waals surface area contributed by atoms with Crippen LogP contribution in [0.5, 0.6) is 0 Å². The van der Waals surface area contributed by atoms with E-state index in [-0.39, 0.29) is 11.4 Å². The molecule has 0 spiro atoms. The van der Waals surface area contributed by atoms with Crippen molar-refractivity contribution in [1.82, 2.24) is 9.66 Å². The van der Waals surface area contributed by atoms with Gasteiger partial charge in [-0.3, -0.25) is 4.79 Å². The second kappa shape index (κ2) is 6.83. The first-order chi connectivity index (χ1) is 14.2. The number of fused-ring (bicyclic) bond motifs is 2. The fourth-order valence-corrected chi connectivity index (χ4v) is 3.16. The first-order valence-electron chi connectivity index (χ1n) is 9.00. The Morgan fingerprint density at radius 2 is 1.72 bits per heavy atom. The number of aromatic nitrogens is 2. The summed E-state index contributed by atoms with van der Waals surface area (Å²) in [6, 6.07) is 22.3. The standard InChI is InChI=1S/C23H14FN3O2/c24-17-11-9-15(10-12-17)14-25-27-22(21-13-16-5-1-4-8-20(16)29-21)26-19-7-3-2-6-18(19)23(27)28/h1-14H. The van der Waals surface area contributed by atoms with E-state index >= 15 is 0 Å². The molecule has 5 rings (SSSR count). The molecule has 3 aromatic carbocycles. The molecule has 0 fully saturated rings. The molecule has 0 N–H and O–H groups in total. The summed E-state index contributed by atoms with van der Waals surface area (Å²) < 4.78 is 20.3. The molecular formula is C23H14FN3O2. The van der Waals surface area contributed by atoms with Crippen LogP contribution in [0.3, 0.4) is 0 Å². The Kier molecular flexibility index (Phi) is 4.02. The molecule has 2 aromatic heterocycles. The van der Waals surface area contributed by atoms with Crippen LogP contribution >= 0.6 is 0 Å². The molecule has 0 saturated carbocycles. The van der Waals surface area contributed by atoms with Gasteiger partial charge in [-0.1, -0.05) is 42.5 Å². The highest BCUT2D eigenvalue weighted by molar-refractivity contribution is 5.84. The third kappa shape index (κ3) is 3.10. The van der Waals surface area contributed by atoms with E-state index in [2.05, 4.69) is 10.1 Å². The van der Waals surface area contributed by atoms with Crippen LogP contribution < -0.4 is 5.56 Å². The van der Waals surface area contributed by atoms with E-state index < -0.39 is 0 Å². The third-order valence-corrected chi connectivity index (χ3v) is 4.59. The Labute approximate surface area is 164 Å². The predicted molar refractivity (Wildman–Crippen MR) is 111 cm³/mol. The van der Waals surface area contributed by atoms with Crippen molar-refractivity contribution in [1.29, 1.82) is 0 Å². The lowest BCUT2D eigenvalue weighted by Gasteiger charge is -2.07. The predicted octanol–water partition coefficient (Wildman–Crippen LogP) is 4.83. The van der Waals surface area contributed by atoms with Gasteiger partial charge in [0.25, 0.3) is 5.56 Å². The second-order valence-electron chi connectivity index (χ2n) is 6.51. The molecule has 0 bridgehead atoms. The van der Waals surface area contributed by atoms with Gasteiger partial charge in [0, 0.05) is 5.39 Å². The summed E-state index contributed by atoms with van der Waals surface area (Å²) >= 11 is 0. The largest absolute Gasteiger partial charge is 0.453 e. The van der Waals surface area contributed by atoms with Gasteiger partial charge in [-0.05, 0) is 42.0 Å². The average Bonchev–Trinajstić information content (AvgIpc) is 3.18. The lowest BCUT2D eigenvalue weighted by atomic mass is 10.2. The molecule has 0 unspecified atom stereocenters. The van der Waals surface area contributed by atoms with Crippen LogP contribution in [-0.4, -0.2) is 15.9 Å². The van der Waals surface area contributed by atoms with Crippen LogP contribution in [0.2, 0.25) is 0 Å². The minimum Gasteiger partial charge on any atom is -0.453 e. The van der Waals surface area contributed by atoms with Gasteiger partial charge in [0.2, 0.25) is 5.82 Å². The molecule has 0 saturated heterocycles. The fraction of sp³-hybridized carbons (Fsp3) is 0. The van der Waals surface area contributed by atoms with Crippen molar-refractivity contribution in [3.05, 3.63) is 101 Å². The Bertz CT molecular complexity index is 1400. The Morgan fingerprint density at radius 1 is 0.966 bits per heavy atom. The quantitative estimate of drug-likeness (QED) is 0.419.